The van der Waals surface area contributed by atoms with Crippen LogP contribution >= 0.6 is 74.5 Å². The van der Waals surface area contributed by atoms with Gasteiger partial charge in [0.1, 0.15) is 7.92 Å². The summed E-state index contributed by atoms with van der Waals surface area (Å²) >= 11 is 8.48. The molecule has 0 heterocycles. The maximum atomic E-state index is 10.3. The van der Waals surface area contributed by atoms with Gasteiger partial charge in [-0.15, -0.1) is 0 Å². The predicted molar refractivity (Wildman–Crippen MR) is 234 cm³/mol. The minimum absolute atomic E-state index is 0. The molecule has 0 aliphatic heterocycles. The van der Waals surface area contributed by atoms with Gasteiger partial charge in [0.15, 0.2) is 0 Å². The molecule has 0 amide bonds. The van der Waals surface area contributed by atoms with E-state index in [0.29, 0.717) is 0 Å². The van der Waals surface area contributed by atoms with Crippen LogP contribution in [0.4, 0.5) is 0 Å². The Bertz CT molecular complexity index is 1970. The molecule has 0 rings (SSSR count). The van der Waals surface area contributed by atoms with Crippen molar-refractivity contribution in [1.82, 2.24) is 0 Å². The van der Waals surface area contributed by atoms with E-state index in [1.807, 2.05) is 0 Å². The number of halogens is 4. The topological polar surface area (TPSA) is 703 Å². The fourth-order valence-corrected chi connectivity index (χ4v) is 6.09. The van der Waals surface area contributed by atoms with Crippen LogP contribution in [0.5, 0.6) is 0 Å². The predicted octanol–water partition coefficient (Wildman–Crippen LogP) is -7.10. The molecule has 66 heavy (non-hydrogen) atoms. The Hall–Kier alpha value is 6.68. The number of carbonyl (C=O) groups is 2. The van der Waals surface area contributed by atoms with E-state index < -0.39 is 110 Å². The second-order valence-corrected chi connectivity index (χ2v) is 18.1. The first-order valence-electron chi connectivity index (χ1n) is 8.58. The van der Waals surface area contributed by atoms with Crippen molar-refractivity contribution in [3.63, 3.8) is 0 Å². The van der Waals surface area contributed by atoms with E-state index in [9.17, 15) is 56.0 Å². The van der Waals surface area contributed by atoms with Crippen LogP contribution in [-0.2, 0) is 143 Å². The summed E-state index contributed by atoms with van der Waals surface area (Å²) in [7, 11) is -40.2. The van der Waals surface area contributed by atoms with Gasteiger partial charge in [-0.3, -0.25) is 56.3 Å². The molecule has 0 aromatic rings. The molecule has 0 radical (unpaired) electrons. The van der Waals surface area contributed by atoms with Gasteiger partial charge >= 0.3 is 160 Å². The first-order chi connectivity index (χ1) is 25.2. The van der Waals surface area contributed by atoms with Gasteiger partial charge in [-0.25, -0.2) is 14.3 Å². The van der Waals surface area contributed by atoms with Crippen LogP contribution in [0.25, 0.3) is 0 Å². The van der Waals surface area contributed by atoms with Crippen LogP contribution < -0.4 is 103 Å². The molecule has 406 valence electrons. The first-order valence-corrected chi connectivity index (χ1v) is 34.9. The average molecular weight is 1960 g/mol. The number of carbonyl (C=O) groups excluding carboxylic acids is 1. The first kappa shape index (κ1) is 135. The molecule has 0 saturated carbocycles. The summed E-state index contributed by atoms with van der Waals surface area (Å²) in [5.74, 6) is -1.52. The molecule has 0 aromatic carbocycles. The minimum Gasteiger partial charge on any atom is -0.805 e. The van der Waals surface area contributed by atoms with Crippen LogP contribution in [0.2, 0.25) is 0 Å². The van der Waals surface area contributed by atoms with Crippen LogP contribution in [0.1, 0.15) is 43.6 Å². The van der Waals surface area contributed by atoms with Gasteiger partial charge < -0.3 is 42.1 Å². The summed E-state index contributed by atoms with van der Waals surface area (Å²) in [4.78, 5) is 35.5. The Morgan fingerprint density at radius 3 is 0.894 bits per heavy atom. The zero-order chi connectivity index (χ0) is 49.8. The maximum absolute atomic E-state index is 10.3. The Balaban J connectivity index is -0.0000000207. The Labute approximate surface area is 582 Å². The molecule has 0 unspecified atom stereocenters. The van der Waals surface area contributed by atoms with E-state index in [1.165, 1.54) is 0 Å². The van der Waals surface area contributed by atoms with Crippen LogP contribution in [0, 0.1) is 93.4 Å². The van der Waals surface area contributed by atoms with E-state index in [-0.39, 0.29) is 221 Å². The zero-order valence-corrected chi connectivity index (χ0v) is 57.7. The van der Waals surface area contributed by atoms with Crippen LogP contribution in [0.15, 0.2) is 0 Å². The van der Waals surface area contributed by atoms with E-state index >= 15 is 0 Å². The molecule has 0 atom stereocenters. The molecule has 0 aromatic heterocycles. The van der Waals surface area contributed by atoms with Crippen molar-refractivity contribution in [2.24, 2.45) is 0 Å². The van der Waals surface area contributed by atoms with Gasteiger partial charge in [0.2, 0.25) is 7.92 Å². The molecular formula is C8H33Ce2I4K2O40S10-3. The number of aliphatic carboxylic acids is 1. The quantitative estimate of drug-likeness (QED) is 0.0217. The number of rotatable bonds is 7. The monoisotopic (exact) mass is 1950 g/mol. The van der Waals surface area contributed by atoms with Gasteiger partial charge in [-0.1, -0.05) is 47.0 Å². The maximum Gasteiger partial charge on any atom is 1.00 e. The summed E-state index contributed by atoms with van der Waals surface area (Å²) in [6.45, 7) is 2.19. The smallest absolute Gasteiger partial charge is 0.805 e. The molecule has 0 aliphatic carbocycles. The molecule has 40 nitrogen and oxygen atoms in total. The number of hydrogen-bond donors (Lipinski definition) is 9. The van der Waals surface area contributed by atoms with Gasteiger partial charge in [0, 0.05) is 192 Å². The van der Waals surface area contributed by atoms with E-state index in [1.54, 1.807) is 0 Å². The molecular weight excluding hydrogens is 1920 g/mol. The van der Waals surface area contributed by atoms with Crippen LogP contribution in [-0.4, -0.2) is 139 Å². The van der Waals surface area contributed by atoms with Crippen molar-refractivity contribution in [3.05, 3.63) is 9.93 Å². The summed E-state index contributed by atoms with van der Waals surface area (Å²) in [6, 6.07) is 0. The molecule has 58 heteroatoms. The Morgan fingerprint density at radius 2 is 0.788 bits per heavy atom. The zero-order valence-electron chi connectivity index (χ0n) is 28.4. The van der Waals surface area contributed by atoms with Crippen LogP contribution in [0.3, 0.4) is 0 Å². The number of hydrogen-bond acceptors (Lipinski definition) is 35. The van der Waals surface area contributed by atoms with Crippen molar-refractivity contribution < 1.29 is 358 Å². The second-order valence-electron chi connectivity index (χ2n) is 4.59. The van der Waals surface area contributed by atoms with E-state index in [4.69, 9.17) is 93.4 Å². The second kappa shape index (κ2) is 88.3. The van der Waals surface area contributed by atoms with Crippen molar-refractivity contribution in [2.45, 2.75) is 43.6 Å². The van der Waals surface area contributed by atoms with Gasteiger partial charge in [-0.2, -0.15) is 51.6 Å². The van der Waals surface area contributed by atoms with Crippen molar-refractivity contribution in [3.8, 4) is 0 Å². The van der Waals surface area contributed by atoms with Crippen molar-refractivity contribution in [2.75, 3.05) is 0 Å². The summed E-state index contributed by atoms with van der Waals surface area (Å²) in [6.07, 6.45) is 0. The third-order valence-corrected chi connectivity index (χ3v) is 9.82. The fraction of sp³-hybridized carbons (Fsp3) is 0.750. The largest absolute Gasteiger partial charge is 1.00 e. The molecule has 11 N–H and O–H groups in total. The Kier molecular flexibility index (Phi) is 180. The van der Waals surface area contributed by atoms with Gasteiger partial charge in [0.05, 0.1) is 11.0 Å². The normalized spacial score (nSPS) is 8.30. The molecule has 0 spiro atoms. The third kappa shape index (κ3) is 255. The fourth-order valence-electron chi connectivity index (χ4n) is 0.239. The molecule has 0 aliphatic rings. The van der Waals surface area contributed by atoms with E-state index in [2.05, 4.69) is 101 Å². The average Bonchev–Trinajstić information content (AvgIpc) is 3.04. The van der Waals surface area contributed by atoms with Crippen molar-refractivity contribution >= 4 is 184 Å². The Morgan fingerprint density at radius 1 is 0.606 bits per heavy atom. The number of carboxylic acid groups (broad SMARTS) is 1. The standard InChI is InChI=1S/C2H4O3.C2H4O2.4CH4.2Ce.2I2.2K.HO12S3.O6S4.3H2O4S.H2O2.O2.H2O/c1-2(3)5-4;1-2(3)4;;;;;;;2*1-2;;;1-8-14(4,5)11-12-15(6,7)10-9-13(2)3;1-7(2)9(5)10(6)8(3)4;3*1-5(2,3)4;2*1-2;/h4H,1H3;1H3,(H,3,4);4*1H4;;;;;;;1H;;3*(H2,1,2,3,4);1-2H;;1H2/q;;;;;;;;;;2*+1;-1;-2;;;;;;/p-2. The number of carboxylic acids is 1. The SMILES string of the molecule is C.C.C.C.CC(=O)O.CC(=O)OO.II.II.O.O=O.O=S(=O)(O)O.O=S(=O)(O)O.O=S(=O)([O-])[O-].O=S(=O)=S(=O)=S(=O)=S([O-])[O-].O=[S-](=O)OOS(=O)(=O)OOS(=O)(=O)OO.OO.[Ce].[Ce].[K+].[K+]. The minimum atomic E-state index is -5.23. The van der Waals surface area contributed by atoms with Gasteiger partial charge in [0.25, 0.3) is 5.97 Å². The summed E-state index contributed by atoms with van der Waals surface area (Å²) < 4.78 is 231. The summed E-state index contributed by atoms with van der Waals surface area (Å²) in [5, 5.41) is 34.3. The van der Waals surface area contributed by atoms with Crippen molar-refractivity contribution in [1.29, 1.82) is 0 Å². The summed E-state index contributed by atoms with van der Waals surface area (Å²) in [5.41, 5.74) is 0. The van der Waals surface area contributed by atoms with Gasteiger partial charge in [-0.05, 0) is 0 Å². The van der Waals surface area contributed by atoms with E-state index in [0.717, 1.165) is 13.8 Å². The molecule has 0 saturated heterocycles. The molecule has 0 bridgehead atoms. The molecule has 0 fully saturated rings. The third-order valence-electron chi connectivity index (χ3n) is 0.914.